The first-order valence-electron chi connectivity index (χ1n) is 7.28. The van der Waals surface area contributed by atoms with Crippen LogP contribution in [0, 0.1) is 0 Å². The Kier molecular flexibility index (Phi) is 4.84. The van der Waals surface area contributed by atoms with Crippen LogP contribution >= 0.6 is 0 Å². The van der Waals surface area contributed by atoms with E-state index in [1.807, 2.05) is 50.2 Å². The highest BCUT2D eigenvalue weighted by Gasteiger charge is 2.25. The van der Waals surface area contributed by atoms with Crippen molar-refractivity contribution in [3.8, 4) is 0 Å². The number of hydrogen-bond acceptors (Lipinski definition) is 4. The van der Waals surface area contributed by atoms with E-state index >= 15 is 0 Å². The summed E-state index contributed by atoms with van der Waals surface area (Å²) in [5.74, 6) is -0.739. The van der Waals surface area contributed by atoms with E-state index in [0.29, 0.717) is 11.1 Å². The Morgan fingerprint density at radius 1 is 0.783 bits per heavy atom. The van der Waals surface area contributed by atoms with E-state index in [1.54, 1.807) is 12.1 Å². The smallest absolute Gasteiger partial charge is 0.337 e. The van der Waals surface area contributed by atoms with E-state index in [1.165, 1.54) is 14.2 Å². The van der Waals surface area contributed by atoms with Crippen LogP contribution in [0.3, 0.4) is 0 Å². The van der Waals surface area contributed by atoms with Gasteiger partial charge in [-0.15, -0.1) is 0 Å². The van der Waals surface area contributed by atoms with Gasteiger partial charge < -0.3 is 9.47 Å². The molecule has 0 aliphatic heterocycles. The molecular weight excluding hydrogens is 292 g/mol. The summed E-state index contributed by atoms with van der Waals surface area (Å²) in [6, 6.07) is 14.6. The summed E-state index contributed by atoms with van der Waals surface area (Å²) in [6.45, 7) is 4.08. The van der Waals surface area contributed by atoms with E-state index in [-0.39, 0.29) is 17.4 Å². The lowest BCUT2D eigenvalue weighted by atomic mass is 9.77. The van der Waals surface area contributed by atoms with E-state index in [2.05, 4.69) is 0 Å². The summed E-state index contributed by atoms with van der Waals surface area (Å²) in [7, 11) is 2.72. The van der Waals surface area contributed by atoms with Crippen molar-refractivity contribution in [1.29, 1.82) is 0 Å². The van der Waals surface area contributed by atoms with Crippen LogP contribution in [-0.2, 0) is 14.9 Å². The molecule has 0 aliphatic rings. The zero-order chi connectivity index (χ0) is 17.0. The lowest BCUT2D eigenvalue weighted by Crippen LogP contribution is -2.20. The summed E-state index contributed by atoms with van der Waals surface area (Å²) in [6.07, 6.45) is 0. The van der Waals surface area contributed by atoms with Gasteiger partial charge in [0.25, 0.3) is 0 Å². The largest absolute Gasteiger partial charge is 0.465 e. The second-order valence-corrected chi connectivity index (χ2v) is 5.77. The van der Waals surface area contributed by atoms with Gasteiger partial charge in [-0.2, -0.15) is 0 Å². The van der Waals surface area contributed by atoms with E-state index in [4.69, 9.17) is 9.47 Å². The lowest BCUT2D eigenvalue weighted by Gasteiger charge is -2.27. The summed E-state index contributed by atoms with van der Waals surface area (Å²) >= 11 is 0. The Labute approximate surface area is 136 Å². The Hall–Kier alpha value is -2.62. The zero-order valence-electron chi connectivity index (χ0n) is 13.8. The van der Waals surface area contributed by atoms with Crippen molar-refractivity contribution in [3.63, 3.8) is 0 Å². The van der Waals surface area contributed by atoms with E-state index < -0.39 is 0 Å². The molecule has 0 heterocycles. The molecule has 0 N–H and O–H groups in total. The van der Waals surface area contributed by atoms with Gasteiger partial charge in [0.1, 0.15) is 0 Å². The zero-order valence-corrected chi connectivity index (χ0v) is 13.8. The van der Waals surface area contributed by atoms with Crippen molar-refractivity contribution < 1.29 is 19.1 Å². The second kappa shape index (κ2) is 6.65. The van der Waals surface area contributed by atoms with Gasteiger partial charge in [-0.05, 0) is 35.4 Å². The molecule has 2 aromatic carbocycles. The van der Waals surface area contributed by atoms with Crippen LogP contribution in [0.25, 0.3) is 0 Å². The van der Waals surface area contributed by atoms with Crippen LogP contribution in [0.1, 0.15) is 45.7 Å². The molecule has 0 fully saturated rings. The third-order valence-electron chi connectivity index (χ3n) is 4.01. The molecule has 0 radical (unpaired) electrons. The Morgan fingerprint density at radius 2 is 1.17 bits per heavy atom. The monoisotopic (exact) mass is 312 g/mol. The maximum absolute atomic E-state index is 11.7. The SMILES string of the molecule is COC(=O)c1cccc(C(C)(C)c2cccc(C(=O)OC)c2)c1. The standard InChI is InChI=1S/C19H20O4/c1-19(2,15-9-5-7-13(11-15)17(20)22-3)16-10-6-8-14(12-16)18(21)23-4/h5-12H,1-4H3. The first-order chi connectivity index (χ1) is 10.9. The van der Waals surface area contributed by atoms with Gasteiger partial charge in [0.05, 0.1) is 25.3 Å². The number of methoxy groups -OCH3 is 2. The van der Waals surface area contributed by atoms with Crippen molar-refractivity contribution in [2.75, 3.05) is 14.2 Å². The van der Waals surface area contributed by atoms with Gasteiger partial charge in [0, 0.05) is 5.41 Å². The maximum atomic E-state index is 11.7. The van der Waals surface area contributed by atoms with Gasteiger partial charge >= 0.3 is 11.9 Å². The number of carbonyl (C=O) groups excluding carboxylic acids is 2. The Balaban J connectivity index is 2.46. The minimum absolute atomic E-state index is 0.369. The predicted octanol–water partition coefficient (Wildman–Crippen LogP) is 3.59. The quantitative estimate of drug-likeness (QED) is 0.810. The van der Waals surface area contributed by atoms with Crippen molar-refractivity contribution in [2.45, 2.75) is 19.3 Å². The maximum Gasteiger partial charge on any atom is 0.337 e. The van der Waals surface area contributed by atoms with Crippen molar-refractivity contribution >= 4 is 11.9 Å². The van der Waals surface area contributed by atoms with E-state index in [0.717, 1.165) is 11.1 Å². The van der Waals surface area contributed by atoms with Gasteiger partial charge in [0.2, 0.25) is 0 Å². The van der Waals surface area contributed by atoms with Crippen molar-refractivity contribution in [1.82, 2.24) is 0 Å². The number of carbonyl (C=O) groups is 2. The van der Waals surface area contributed by atoms with Crippen LogP contribution in [0.15, 0.2) is 48.5 Å². The van der Waals surface area contributed by atoms with Crippen LogP contribution in [0.2, 0.25) is 0 Å². The van der Waals surface area contributed by atoms with Crippen LogP contribution in [0.5, 0.6) is 0 Å². The summed E-state index contributed by atoms with van der Waals surface area (Å²) in [5.41, 5.74) is 2.54. The fourth-order valence-corrected chi connectivity index (χ4v) is 2.47. The molecule has 2 rings (SSSR count). The number of ether oxygens (including phenoxy) is 2. The van der Waals surface area contributed by atoms with Crippen LogP contribution in [0.4, 0.5) is 0 Å². The van der Waals surface area contributed by atoms with E-state index in [9.17, 15) is 9.59 Å². The van der Waals surface area contributed by atoms with Crippen molar-refractivity contribution in [2.24, 2.45) is 0 Å². The molecule has 0 saturated carbocycles. The van der Waals surface area contributed by atoms with Crippen LogP contribution in [-0.4, -0.2) is 26.2 Å². The van der Waals surface area contributed by atoms with Gasteiger partial charge in [-0.25, -0.2) is 9.59 Å². The molecule has 0 spiro atoms. The minimum Gasteiger partial charge on any atom is -0.465 e. The average molecular weight is 312 g/mol. The molecular formula is C19H20O4. The summed E-state index contributed by atoms with van der Waals surface area (Å²) in [5, 5.41) is 0. The molecule has 0 amide bonds. The minimum atomic E-state index is -0.381. The Bertz CT molecular complexity index is 670. The topological polar surface area (TPSA) is 52.6 Å². The van der Waals surface area contributed by atoms with Gasteiger partial charge in [-0.1, -0.05) is 38.1 Å². The van der Waals surface area contributed by atoms with Crippen molar-refractivity contribution in [3.05, 3.63) is 70.8 Å². The highest BCUT2D eigenvalue weighted by molar-refractivity contribution is 5.90. The molecule has 120 valence electrons. The second-order valence-electron chi connectivity index (χ2n) is 5.77. The molecule has 4 nitrogen and oxygen atoms in total. The Morgan fingerprint density at radius 3 is 1.52 bits per heavy atom. The lowest BCUT2D eigenvalue weighted by molar-refractivity contribution is 0.0592. The number of hydrogen-bond donors (Lipinski definition) is 0. The average Bonchev–Trinajstić information content (AvgIpc) is 2.60. The molecule has 0 unspecified atom stereocenters. The first-order valence-corrected chi connectivity index (χ1v) is 7.28. The molecule has 0 bridgehead atoms. The normalized spacial score (nSPS) is 11.0. The number of benzene rings is 2. The molecule has 2 aromatic rings. The van der Waals surface area contributed by atoms with Gasteiger partial charge in [-0.3, -0.25) is 0 Å². The molecule has 4 heteroatoms. The third kappa shape index (κ3) is 3.42. The number of rotatable bonds is 4. The molecule has 23 heavy (non-hydrogen) atoms. The third-order valence-corrected chi connectivity index (χ3v) is 4.01. The molecule has 0 aromatic heterocycles. The highest BCUT2D eigenvalue weighted by Crippen LogP contribution is 2.32. The summed E-state index contributed by atoms with van der Waals surface area (Å²) < 4.78 is 9.55. The first kappa shape index (κ1) is 16.7. The molecule has 0 aliphatic carbocycles. The highest BCUT2D eigenvalue weighted by atomic mass is 16.5. The number of esters is 2. The van der Waals surface area contributed by atoms with Crippen LogP contribution < -0.4 is 0 Å². The predicted molar refractivity (Wildman–Crippen MR) is 87.7 cm³/mol. The summed E-state index contributed by atoms with van der Waals surface area (Å²) in [4.78, 5) is 23.5. The molecule has 0 atom stereocenters. The fourth-order valence-electron chi connectivity index (χ4n) is 2.47. The van der Waals surface area contributed by atoms with Gasteiger partial charge in [0.15, 0.2) is 0 Å². The molecule has 0 saturated heterocycles. The fraction of sp³-hybridized carbons (Fsp3) is 0.263.